The third kappa shape index (κ3) is 4.11. The number of nitrogens with one attached hydrogen (secondary N) is 1. The highest BCUT2D eigenvalue weighted by atomic mass is 32.2. The van der Waals surface area contributed by atoms with Gasteiger partial charge in [-0.05, 0) is 55.6 Å². The molecule has 2 aliphatic rings. The van der Waals surface area contributed by atoms with E-state index < -0.39 is 9.84 Å². The van der Waals surface area contributed by atoms with Crippen LogP contribution in [0.15, 0.2) is 0 Å². The van der Waals surface area contributed by atoms with Crippen LogP contribution < -0.4 is 5.32 Å². The summed E-state index contributed by atoms with van der Waals surface area (Å²) in [6.45, 7) is 3.15. The minimum Gasteiger partial charge on any atom is -0.314 e. The maximum atomic E-state index is 11.8. The summed E-state index contributed by atoms with van der Waals surface area (Å²) < 4.78 is 23.6. The zero-order valence-electron chi connectivity index (χ0n) is 12.1. The summed E-state index contributed by atoms with van der Waals surface area (Å²) in [7, 11) is -2.86. The van der Waals surface area contributed by atoms with Gasteiger partial charge in [0.15, 0.2) is 0 Å². The molecular weight excluding hydrogens is 278 g/mol. The molecule has 0 aromatic rings. The van der Waals surface area contributed by atoms with E-state index in [2.05, 4.69) is 12.2 Å². The van der Waals surface area contributed by atoms with Crippen molar-refractivity contribution in [3.8, 4) is 0 Å². The maximum absolute atomic E-state index is 11.8. The molecule has 1 heterocycles. The fraction of sp³-hybridized carbons (Fsp3) is 1.00. The van der Waals surface area contributed by atoms with E-state index in [0.717, 1.165) is 31.7 Å². The smallest absolute Gasteiger partial charge is 0.150 e. The molecule has 1 aliphatic heterocycles. The van der Waals surface area contributed by atoms with Crippen LogP contribution >= 0.6 is 11.8 Å². The molecule has 0 amide bonds. The van der Waals surface area contributed by atoms with Crippen LogP contribution in [0.1, 0.15) is 39.0 Å². The Hall–Kier alpha value is 0.260. The maximum Gasteiger partial charge on any atom is 0.150 e. The van der Waals surface area contributed by atoms with E-state index in [9.17, 15) is 8.42 Å². The van der Waals surface area contributed by atoms with Crippen molar-refractivity contribution in [3.63, 3.8) is 0 Å². The Bertz CT molecular complexity index is 377. The van der Waals surface area contributed by atoms with Crippen molar-refractivity contribution in [2.45, 2.75) is 50.3 Å². The lowest BCUT2D eigenvalue weighted by atomic mass is 9.78. The molecule has 112 valence electrons. The molecule has 0 aromatic carbocycles. The van der Waals surface area contributed by atoms with E-state index in [1.807, 2.05) is 11.8 Å². The molecule has 1 N–H and O–H groups in total. The Morgan fingerprint density at radius 1 is 1.26 bits per heavy atom. The highest BCUT2D eigenvalue weighted by molar-refractivity contribution is 7.99. The second-order valence-corrected chi connectivity index (χ2v) is 9.56. The molecule has 1 saturated carbocycles. The lowest BCUT2D eigenvalue weighted by molar-refractivity contribution is 0.221. The van der Waals surface area contributed by atoms with Gasteiger partial charge in [0.05, 0.1) is 5.25 Å². The SMILES string of the molecule is CCNC(C1CCSC1)C1CCCC(S(C)(=O)=O)C1. The summed E-state index contributed by atoms with van der Waals surface area (Å²) in [6.07, 6.45) is 6.72. The second-order valence-electron chi connectivity index (χ2n) is 6.09. The van der Waals surface area contributed by atoms with Crippen LogP contribution in [0.5, 0.6) is 0 Å². The molecule has 4 atom stereocenters. The molecule has 0 bridgehead atoms. The number of sulfone groups is 1. The van der Waals surface area contributed by atoms with Crippen LogP contribution in [-0.4, -0.2) is 44.0 Å². The van der Waals surface area contributed by atoms with E-state index >= 15 is 0 Å². The first-order valence-corrected chi connectivity index (χ1v) is 10.6. The highest BCUT2D eigenvalue weighted by Crippen LogP contribution is 2.37. The van der Waals surface area contributed by atoms with Crippen LogP contribution in [-0.2, 0) is 9.84 Å². The van der Waals surface area contributed by atoms with Gasteiger partial charge in [0.1, 0.15) is 9.84 Å². The lowest BCUT2D eigenvalue weighted by Crippen LogP contribution is -2.45. The summed E-state index contributed by atoms with van der Waals surface area (Å²) in [5, 5.41) is 3.56. The van der Waals surface area contributed by atoms with E-state index in [1.165, 1.54) is 30.6 Å². The van der Waals surface area contributed by atoms with Gasteiger partial charge in [-0.15, -0.1) is 0 Å². The normalized spacial score (nSPS) is 34.3. The first-order chi connectivity index (χ1) is 9.02. The fourth-order valence-electron chi connectivity index (χ4n) is 3.69. The molecule has 0 radical (unpaired) electrons. The first-order valence-electron chi connectivity index (χ1n) is 7.52. The van der Waals surface area contributed by atoms with Crippen LogP contribution in [0.2, 0.25) is 0 Å². The lowest BCUT2D eigenvalue weighted by Gasteiger charge is -2.37. The highest BCUT2D eigenvalue weighted by Gasteiger charge is 2.36. The van der Waals surface area contributed by atoms with Gasteiger partial charge in [0, 0.05) is 12.3 Å². The van der Waals surface area contributed by atoms with E-state index in [-0.39, 0.29) is 5.25 Å². The van der Waals surface area contributed by atoms with Gasteiger partial charge in [0.25, 0.3) is 0 Å². The second kappa shape index (κ2) is 6.81. The molecule has 2 rings (SSSR count). The van der Waals surface area contributed by atoms with E-state index in [0.29, 0.717) is 12.0 Å². The molecule has 1 saturated heterocycles. The molecule has 1 aliphatic carbocycles. The first kappa shape index (κ1) is 15.6. The zero-order chi connectivity index (χ0) is 13.9. The van der Waals surface area contributed by atoms with Crippen molar-refractivity contribution >= 4 is 21.6 Å². The Kier molecular flexibility index (Phi) is 5.61. The number of hydrogen-bond acceptors (Lipinski definition) is 4. The number of rotatable bonds is 5. The van der Waals surface area contributed by atoms with Crippen molar-refractivity contribution in [2.24, 2.45) is 11.8 Å². The predicted molar refractivity (Wildman–Crippen MR) is 83.5 cm³/mol. The van der Waals surface area contributed by atoms with Crippen molar-refractivity contribution in [1.29, 1.82) is 0 Å². The summed E-state index contributed by atoms with van der Waals surface area (Å²) in [5.74, 6) is 3.82. The van der Waals surface area contributed by atoms with Crippen LogP contribution in [0.4, 0.5) is 0 Å². The third-order valence-electron chi connectivity index (χ3n) is 4.69. The van der Waals surface area contributed by atoms with Crippen molar-refractivity contribution in [2.75, 3.05) is 24.3 Å². The zero-order valence-corrected chi connectivity index (χ0v) is 13.7. The minimum atomic E-state index is -2.86. The molecule has 0 spiro atoms. The van der Waals surface area contributed by atoms with Crippen LogP contribution in [0, 0.1) is 11.8 Å². The molecule has 4 unspecified atom stereocenters. The Balaban J connectivity index is 2.04. The number of thioether (sulfide) groups is 1. The monoisotopic (exact) mass is 305 g/mol. The van der Waals surface area contributed by atoms with Gasteiger partial charge in [-0.1, -0.05) is 13.3 Å². The van der Waals surface area contributed by atoms with Gasteiger partial charge in [-0.25, -0.2) is 8.42 Å². The molecular formula is C14H27NO2S2. The number of hydrogen-bond donors (Lipinski definition) is 1. The average Bonchev–Trinajstić information content (AvgIpc) is 2.88. The largest absolute Gasteiger partial charge is 0.314 e. The standard InChI is InChI=1S/C14H27NO2S2/c1-3-15-14(12-7-8-18-10-12)11-5-4-6-13(9-11)19(2,16)17/h11-15H,3-10H2,1-2H3. The van der Waals surface area contributed by atoms with Gasteiger partial charge in [-0.2, -0.15) is 11.8 Å². The molecule has 3 nitrogen and oxygen atoms in total. The average molecular weight is 306 g/mol. The van der Waals surface area contributed by atoms with Crippen molar-refractivity contribution < 1.29 is 8.42 Å². The van der Waals surface area contributed by atoms with Gasteiger partial charge >= 0.3 is 0 Å². The minimum absolute atomic E-state index is 0.0959. The van der Waals surface area contributed by atoms with Crippen molar-refractivity contribution in [1.82, 2.24) is 5.32 Å². The summed E-state index contributed by atoms with van der Waals surface area (Å²) in [5.41, 5.74) is 0. The van der Waals surface area contributed by atoms with Crippen molar-refractivity contribution in [3.05, 3.63) is 0 Å². The summed E-state index contributed by atoms with van der Waals surface area (Å²) >= 11 is 2.05. The summed E-state index contributed by atoms with van der Waals surface area (Å²) in [4.78, 5) is 0. The van der Waals surface area contributed by atoms with Gasteiger partial charge < -0.3 is 5.32 Å². The quantitative estimate of drug-likeness (QED) is 0.847. The van der Waals surface area contributed by atoms with Gasteiger partial charge in [0.2, 0.25) is 0 Å². The van der Waals surface area contributed by atoms with E-state index in [1.54, 1.807) is 0 Å². The Labute approximate surface area is 122 Å². The van der Waals surface area contributed by atoms with Crippen LogP contribution in [0.25, 0.3) is 0 Å². The van der Waals surface area contributed by atoms with Crippen LogP contribution in [0.3, 0.4) is 0 Å². The Morgan fingerprint density at radius 3 is 2.63 bits per heavy atom. The molecule has 0 aromatic heterocycles. The molecule has 5 heteroatoms. The predicted octanol–water partition coefficient (Wildman–Crippen LogP) is 2.32. The molecule has 19 heavy (non-hydrogen) atoms. The molecule has 2 fully saturated rings. The third-order valence-corrected chi connectivity index (χ3v) is 7.52. The summed E-state index contributed by atoms with van der Waals surface area (Å²) in [6, 6.07) is 0.532. The topological polar surface area (TPSA) is 46.2 Å². The van der Waals surface area contributed by atoms with E-state index in [4.69, 9.17) is 0 Å². The Morgan fingerprint density at radius 2 is 2.05 bits per heavy atom. The fourth-order valence-corrected chi connectivity index (χ4v) is 6.19. The van der Waals surface area contributed by atoms with Gasteiger partial charge in [-0.3, -0.25) is 0 Å².